The molecule has 0 saturated carbocycles. The topological polar surface area (TPSA) is 18.5 Å². The van der Waals surface area contributed by atoms with Crippen LogP contribution < -0.4 is 0 Å². The van der Waals surface area contributed by atoms with E-state index in [1.54, 1.807) is 20.3 Å². The van der Waals surface area contributed by atoms with Crippen LogP contribution in [0.15, 0.2) is 12.7 Å². The van der Waals surface area contributed by atoms with E-state index in [9.17, 15) is 0 Å². The number of ether oxygens (including phenoxy) is 2. The maximum absolute atomic E-state index is 4.71. The number of hydrogen-bond donors (Lipinski definition) is 0. The van der Waals surface area contributed by atoms with Crippen LogP contribution in [0.3, 0.4) is 0 Å². The zero-order chi connectivity index (χ0) is 5.70. The van der Waals surface area contributed by atoms with Crippen LogP contribution >= 0.6 is 0 Å². The molecule has 0 fully saturated rings. The Hall–Kier alpha value is 0.660. The van der Waals surface area contributed by atoms with Crippen LogP contribution in [0.1, 0.15) is 0 Å². The third kappa shape index (κ3) is 4.81. The molecule has 0 aliphatic rings. The van der Waals surface area contributed by atoms with Gasteiger partial charge in [-0.3, -0.25) is 0 Å². The summed E-state index contributed by atoms with van der Waals surface area (Å²) in [7, 11) is 3.13. The Kier molecular flexibility index (Phi) is 11.0. The van der Waals surface area contributed by atoms with Gasteiger partial charge in [0.15, 0.2) is 6.29 Å². The maximum atomic E-state index is 4.71. The third-order valence-electron chi connectivity index (χ3n) is 0.657. The fourth-order valence-corrected chi connectivity index (χ4v) is 0.289. The molecule has 8 heavy (non-hydrogen) atoms. The number of hydrogen-bond acceptors (Lipinski definition) is 2. The van der Waals surface area contributed by atoms with Crippen LogP contribution in [0, 0.1) is 0 Å². The van der Waals surface area contributed by atoms with Crippen LogP contribution in [-0.4, -0.2) is 50.1 Å². The van der Waals surface area contributed by atoms with Crippen LogP contribution in [0.2, 0.25) is 0 Å². The molecule has 0 radical (unpaired) electrons. The van der Waals surface area contributed by atoms with Crippen molar-refractivity contribution in [1.82, 2.24) is 0 Å². The van der Waals surface area contributed by atoms with E-state index in [1.165, 1.54) is 0 Å². The molecule has 0 aromatic heterocycles. The van der Waals surface area contributed by atoms with Gasteiger partial charge in [0.25, 0.3) is 0 Å². The third-order valence-corrected chi connectivity index (χ3v) is 0.657. The molecule has 0 aliphatic heterocycles. The minimum absolute atomic E-state index is 0. The zero-order valence-corrected chi connectivity index (χ0v) is 4.68. The molecule has 44 valence electrons. The summed E-state index contributed by atoms with van der Waals surface area (Å²) in [6.45, 7) is 3.45. The fourth-order valence-electron chi connectivity index (χ4n) is 0.289. The first kappa shape index (κ1) is 11.5. The van der Waals surface area contributed by atoms with Crippen LogP contribution in [-0.2, 0) is 9.47 Å². The predicted octanol–water partition coefficient (Wildman–Crippen LogP) is 0.143. The first-order valence-electron chi connectivity index (χ1n) is 2.03. The fraction of sp³-hybridized carbons (Fsp3) is 0.600. The summed E-state index contributed by atoms with van der Waals surface area (Å²) in [6, 6.07) is 0. The normalized spacial score (nSPS) is 8.38. The Morgan fingerprint density at radius 2 is 1.75 bits per heavy atom. The van der Waals surface area contributed by atoms with Gasteiger partial charge in [0, 0.05) is 14.2 Å². The molecule has 3 heteroatoms. The van der Waals surface area contributed by atoms with Crippen molar-refractivity contribution in [3.8, 4) is 0 Å². The van der Waals surface area contributed by atoms with Gasteiger partial charge in [-0.2, -0.15) is 0 Å². The molecular formula is C5H11NaO2. The molecule has 2 nitrogen and oxygen atoms in total. The molecule has 0 aromatic carbocycles. The van der Waals surface area contributed by atoms with Crippen molar-refractivity contribution in [1.29, 1.82) is 0 Å². The van der Waals surface area contributed by atoms with Crippen LogP contribution in [0.5, 0.6) is 0 Å². The van der Waals surface area contributed by atoms with E-state index in [-0.39, 0.29) is 35.8 Å². The first-order chi connectivity index (χ1) is 3.35. The van der Waals surface area contributed by atoms with Gasteiger partial charge in [0.05, 0.1) is 0 Å². The molecule has 0 aromatic rings. The van der Waals surface area contributed by atoms with E-state index in [2.05, 4.69) is 6.58 Å². The molecule has 0 amide bonds. The number of methoxy groups -OCH3 is 2. The van der Waals surface area contributed by atoms with Crippen molar-refractivity contribution >= 4 is 29.6 Å². The Morgan fingerprint density at radius 3 is 1.75 bits per heavy atom. The Labute approximate surface area is 72.1 Å². The molecule has 0 rings (SSSR count). The van der Waals surface area contributed by atoms with Gasteiger partial charge in [-0.15, -0.1) is 0 Å². The Bertz CT molecular complexity index is 52.4. The average Bonchev–Trinajstić information content (AvgIpc) is 1.72. The molecule has 0 saturated heterocycles. The second-order valence-corrected chi connectivity index (χ2v) is 1.08. The monoisotopic (exact) mass is 126 g/mol. The molecular weight excluding hydrogens is 115 g/mol. The summed E-state index contributed by atoms with van der Waals surface area (Å²) < 4.78 is 9.42. The minimum atomic E-state index is -0.250. The van der Waals surface area contributed by atoms with Gasteiger partial charge in [-0.1, -0.05) is 6.58 Å². The zero-order valence-electron chi connectivity index (χ0n) is 4.68. The standard InChI is InChI=1S/C5H10O2.Na.H/c1-4-5(6-2)7-3;;/h4-5H,1H2,2-3H3;;. The molecule has 0 unspecified atom stereocenters. The van der Waals surface area contributed by atoms with Crippen molar-refractivity contribution in [2.75, 3.05) is 14.2 Å². The van der Waals surface area contributed by atoms with Crippen molar-refractivity contribution in [2.24, 2.45) is 0 Å². The van der Waals surface area contributed by atoms with E-state index in [0.717, 1.165) is 0 Å². The molecule has 0 aliphatic carbocycles. The van der Waals surface area contributed by atoms with E-state index in [4.69, 9.17) is 9.47 Å². The van der Waals surface area contributed by atoms with Gasteiger partial charge in [0.2, 0.25) is 0 Å². The van der Waals surface area contributed by atoms with Crippen molar-refractivity contribution in [2.45, 2.75) is 6.29 Å². The first-order valence-corrected chi connectivity index (χ1v) is 2.03. The summed E-state index contributed by atoms with van der Waals surface area (Å²) in [5.41, 5.74) is 0. The molecule has 0 bridgehead atoms. The van der Waals surface area contributed by atoms with E-state index in [0.29, 0.717) is 0 Å². The molecule has 0 atom stereocenters. The average molecular weight is 126 g/mol. The second kappa shape index (κ2) is 7.66. The molecule has 0 N–H and O–H groups in total. The molecule has 0 heterocycles. The van der Waals surface area contributed by atoms with Crippen LogP contribution in [0.4, 0.5) is 0 Å². The van der Waals surface area contributed by atoms with Crippen LogP contribution in [0.25, 0.3) is 0 Å². The van der Waals surface area contributed by atoms with E-state index >= 15 is 0 Å². The van der Waals surface area contributed by atoms with Gasteiger partial charge in [0.1, 0.15) is 0 Å². The van der Waals surface area contributed by atoms with Gasteiger partial charge >= 0.3 is 29.6 Å². The predicted molar refractivity (Wildman–Crippen MR) is 35.2 cm³/mol. The van der Waals surface area contributed by atoms with E-state index < -0.39 is 0 Å². The quantitative estimate of drug-likeness (QED) is 0.304. The van der Waals surface area contributed by atoms with Gasteiger partial charge in [-0.25, -0.2) is 0 Å². The SMILES string of the molecule is C=CC(OC)OC.[NaH]. The van der Waals surface area contributed by atoms with Gasteiger partial charge in [-0.05, 0) is 6.08 Å². The Morgan fingerprint density at radius 1 is 1.38 bits per heavy atom. The van der Waals surface area contributed by atoms with Crippen molar-refractivity contribution in [3.05, 3.63) is 12.7 Å². The van der Waals surface area contributed by atoms with E-state index in [1.807, 2.05) is 0 Å². The summed E-state index contributed by atoms with van der Waals surface area (Å²) >= 11 is 0. The summed E-state index contributed by atoms with van der Waals surface area (Å²) in [5.74, 6) is 0. The summed E-state index contributed by atoms with van der Waals surface area (Å²) in [4.78, 5) is 0. The van der Waals surface area contributed by atoms with Crippen molar-refractivity contribution < 1.29 is 9.47 Å². The second-order valence-electron chi connectivity index (χ2n) is 1.08. The van der Waals surface area contributed by atoms with Crippen molar-refractivity contribution in [3.63, 3.8) is 0 Å². The summed E-state index contributed by atoms with van der Waals surface area (Å²) in [5, 5.41) is 0. The number of rotatable bonds is 3. The summed E-state index contributed by atoms with van der Waals surface area (Å²) in [6.07, 6.45) is 1.33. The van der Waals surface area contributed by atoms with Gasteiger partial charge < -0.3 is 9.47 Å². The molecule has 0 spiro atoms. The Balaban J connectivity index is 0.